The number of hydrogen-bond acceptors (Lipinski definition) is 4. The van der Waals surface area contributed by atoms with E-state index in [9.17, 15) is 9.59 Å². The summed E-state index contributed by atoms with van der Waals surface area (Å²) in [5.41, 5.74) is 2.45. The average Bonchev–Trinajstić information content (AvgIpc) is 3.43. The molecule has 0 saturated heterocycles. The first-order valence-electron chi connectivity index (χ1n) is 10.1. The zero-order valence-corrected chi connectivity index (χ0v) is 18.0. The molecule has 3 aromatic heterocycles. The summed E-state index contributed by atoms with van der Waals surface area (Å²) in [5, 5.41) is 0.548. The molecule has 8 heteroatoms. The van der Waals surface area contributed by atoms with Crippen LogP contribution in [0.2, 0.25) is 5.02 Å². The molecule has 0 aliphatic heterocycles. The van der Waals surface area contributed by atoms with Crippen molar-refractivity contribution in [2.75, 3.05) is 0 Å². The van der Waals surface area contributed by atoms with Gasteiger partial charge in [0.15, 0.2) is 11.2 Å². The first kappa shape index (κ1) is 20.1. The highest BCUT2D eigenvalue weighted by molar-refractivity contribution is 6.30. The molecule has 160 valence electrons. The Kier molecular flexibility index (Phi) is 5.03. The van der Waals surface area contributed by atoms with Gasteiger partial charge < -0.3 is 8.98 Å². The number of fused-ring (bicyclic) bond motifs is 1. The molecule has 0 saturated carbocycles. The number of halogens is 1. The van der Waals surface area contributed by atoms with Gasteiger partial charge in [0.25, 0.3) is 5.56 Å². The van der Waals surface area contributed by atoms with Crippen LogP contribution in [-0.4, -0.2) is 18.7 Å². The summed E-state index contributed by atoms with van der Waals surface area (Å²) in [7, 11) is 0. The number of aryl methyl sites for hydroxylation is 1. The summed E-state index contributed by atoms with van der Waals surface area (Å²) >= 11 is 6.04. The fourth-order valence-electron chi connectivity index (χ4n) is 3.83. The maximum Gasteiger partial charge on any atom is 0.337 e. The molecular weight excluding hydrogens is 428 g/mol. The molecule has 0 atom stereocenters. The summed E-state index contributed by atoms with van der Waals surface area (Å²) in [6.07, 6.45) is 3.11. The van der Waals surface area contributed by atoms with E-state index in [1.165, 1.54) is 15.4 Å². The fourth-order valence-corrected chi connectivity index (χ4v) is 3.95. The molecule has 2 aromatic carbocycles. The number of imidazole rings is 1. The Balaban J connectivity index is 1.76. The van der Waals surface area contributed by atoms with Crippen LogP contribution in [0.1, 0.15) is 16.9 Å². The van der Waals surface area contributed by atoms with Crippen LogP contribution >= 0.6 is 11.6 Å². The van der Waals surface area contributed by atoms with E-state index >= 15 is 0 Å². The minimum absolute atomic E-state index is 0.0177. The quantitative estimate of drug-likeness (QED) is 0.409. The number of benzene rings is 2. The summed E-state index contributed by atoms with van der Waals surface area (Å²) in [6.45, 7) is 2.49. The van der Waals surface area contributed by atoms with Crippen molar-refractivity contribution in [3.8, 4) is 5.69 Å². The molecular formula is C24H19ClN4O3. The normalized spacial score (nSPS) is 11.3. The van der Waals surface area contributed by atoms with E-state index in [1.54, 1.807) is 47.3 Å². The molecule has 0 bridgehead atoms. The van der Waals surface area contributed by atoms with Gasteiger partial charge in [0.05, 0.1) is 24.8 Å². The maximum atomic E-state index is 13.5. The highest BCUT2D eigenvalue weighted by Crippen LogP contribution is 2.17. The third-order valence-corrected chi connectivity index (χ3v) is 5.57. The van der Waals surface area contributed by atoms with Crippen LogP contribution in [0.4, 0.5) is 0 Å². The van der Waals surface area contributed by atoms with Gasteiger partial charge in [0.1, 0.15) is 5.76 Å². The summed E-state index contributed by atoms with van der Waals surface area (Å²) < 4.78 is 9.77. The molecule has 0 amide bonds. The Morgan fingerprint density at radius 1 is 1.00 bits per heavy atom. The van der Waals surface area contributed by atoms with Gasteiger partial charge >= 0.3 is 5.69 Å². The smallest absolute Gasteiger partial charge is 0.337 e. The molecule has 0 radical (unpaired) electrons. The van der Waals surface area contributed by atoms with Crippen molar-refractivity contribution in [3.05, 3.63) is 116 Å². The molecule has 0 fully saturated rings. The third-order valence-electron chi connectivity index (χ3n) is 5.31. The predicted molar refractivity (Wildman–Crippen MR) is 123 cm³/mol. The lowest BCUT2D eigenvalue weighted by atomic mass is 10.1. The van der Waals surface area contributed by atoms with Gasteiger partial charge in [0, 0.05) is 11.6 Å². The number of furan rings is 1. The SMILES string of the molecule is Cc1cccc(Cn2cnc3c2c(=O)n(Cc2ccco2)c(=O)n3-c2ccc(Cl)cc2)c1. The second kappa shape index (κ2) is 8.01. The Bertz CT molecular complexity index is 1530. The molecule has 0 N–H and O–H groups in total. The minimum Gasteiger partial charge on any atom is -0.467 e. The fraction of sp³-hybridized carbons (Fsp3) is 0.125. The largest absolute Gasteiger partial charge is 0.467 e. The van der Waals surface area contributed by atoms with E-state index in [0.29, 0.717) is 34.2 Å². The van der Waals surface area contributed by atoms with Gasteiger partial charge in [-0.05, 0) is 48.9 Å². The van der Waals surface area contributed by atoms with Crippen LogP contribution in [0.25, 0.3) is 16.9 Å². The van der Waals surface area contributed by atoms with Gasteiger partial charge in [-0.3, -0.25) is 9.36 Å². The van der Waals surface area contributed by atoms with Crippen molar-refractivity contribution in [1.29, 1.82) is 0 Å². The Labute approximate surface area is 187 Å². The molecule has 3 heterocycles. The Morgan fingerprint density at radius 3 is 2.53 bits per heavy atom. The van der Waals surface area contributed by atoms with Crippen LogP contribution in [0, 0.1) is 6.92 Å². The van der Waals surface area contributed by atoms with E-state index < -0.39 is 11.2 Å². The van der Waals surface area contributed by atoms with Crippen molar-refractivity contribution in [1.82, 2.24) is 18.7 Å². The standard InChI is InChI=1S/C24H19ClN4O3/c1-16-4-2-5-17(12-16)13-27-15-26-22-21(27)23(30)28(14-20-6-3-11-32-20)24(31)29(22)19-9-7-18(25)8-10-19/h2-12,15H,13-14H2,1H3. The molecule has 7 nitrogen and oxygen atoms in total. The molecule has 5 rings (SSSR count). The molecule has 5 aromatic rings. The summed E-state index contributed by atoms with van der Waals surface area (Å²) in [5.74, 6) is 0.510. The second-order valence-electron chi connectivity index (χ2n) is 7.60. The number of nitrogens with zero attached hydrogens (tertiary/aromatic N) is 4. The van der Waals surface area contributed by atoms with Crippen molar-refractivity contribution in [3.63, 3.8) is 0 Å². The minimum atomic E-state index is -0.498. The topological polar surface area (TPSA) is 75.0 Å². The zero-order valence-electron chi connectivity index (χ0n) is 17.2. The van der Waals surface area contributed by atoms with Crippen LogP contribution in [0.15, 0.2) is 87.3 Å². The second-order valence-corrected chi connectivity index (χ2v) is 8.04. The molecule has 0 spiro atoms. The summed E-state index contributed by atoms with van der Waals surface area (Å²) in [6, 6.07) is 18.3. The van der Waals surface area contributed by atoms with Gasteiger partial charge in [0.2, 0.25) is 0 Å². The Hall–Kier alpha value is -3.84. The van der Waals surface area contributed by atoms with Crippen LogP contribution in [0.5, 0.6) is 0 Å². The van der Waals surface area contributed by atoms with Crippen molar-refractivity contribution in [2.45, 2.75) is 20.0 Å². The van der Waals surface area contributed by atoms with E-state index in [4.69, 9.17) is 16.0 Å². The van der Waals surface area contributed by atoms with Crippen LogP contribution in [0.3, 0.4) is 0 Å². The van der Waals surface area contributed by atoms with Crippen LogP contribution in [-0.2, 0) is 13.1 Å². The van der Waals surface area contributed by atoms with Crippen molar-refractivity contribution in [2.24, 2.45) is 0 Å². The monoisotopic (exact) mass is 446 g/mol. The van der Waals surface area contributed by atoms with Crippen LogP contribution < -0.4 is 11.2 Å². The molecule has 0 aliphatic carbocycles. The summed E-state index contributed by atoms with van der Waals surface area (Å²) in [4.78, 5) is 31.4. The lowest BCUT2D eigenvalue weighted by Crippen LogP contribution is -2.40. The third kappa shape index (κ3) is 3.56. The van der Waals surface area contributed by atoms with E-state index in [0.717, 1.165) is 11.1 Å². The molecule has 32 heavy (non-hydrogen) atoms. The maximum absolute atomic E-state index is 13.5. The van der Waals surface area contributed by atoms with E-state index in [2.05, 4.69) is 11.1 Å². The predicted octanol–water partition coefficient (Wildman–Crippen LogP) is 4.00. The lowest BCUT2D eigenvalue weighted by Gasteiger charge is -2.12. The van der Waals surface area contributed by atoms with E-state index in [1.807, 2.05) is 25.1 Å². The van der Waals surface area contributed by atoms with Gasteiger partial charge in [-0.2, -0.15) is 0 Å². The van der Waals surface area contributed by atoms with Crippen molar-refractivity contribution >= 4 is 22.8 Å². The zero-order chi connectivity index (χ0) is 22.2. The lowest BCUT2D eigenvalue weighted by molar-refractivity contribution is 0.482. The number of hydrogen-bond donors (Lipinski definition) is 0. The first-order valence-corrected chi connectivity index (χ1v) is 10.4. The van der Waals surface area contributed by atoms with Gasteiger partial charge in [-0.25, -0.2) is 14.3 Å². The Morgan fingerprint density at radius 2 is 1.81 bits per heavy atom. The molecule has 0 unspecified atom stereocenters. The highest BCUT2D eigenvalue weighted by atomic mass is 35.5. The highest BCUT2D eigenvalue weighted by Gasteiger charge is 2.20. The molecule has 0 aliphatic rings. The average molecular weight is 447 g/mol. The van der Waals surface area contributed by atoms with Gasteiger partial charge in [-0.1, -0.05) is 41.4 Å². The number of aromatic nitrogens is 4. The first-order chi connectivity index (χ1) is 15.5. The number of rotatable bonds is 5. The van der Waals surface area contributed by atoms with Gasteiger partial charge in [-0.15, -0.1) is 0 Å². The van der Waals surface area contributed by atoms with Crippen molar-refractivity contribution < 1.29 is 4.42 Å². The van der Waals surface area contributed by atoms with E-state index in [-0.39, 0.29) is 6.54 Å².